The Hall–Kier alpha value is -1.83. The number of benzene rings is 1. The highest BCUT2D eigenvalue weighted by Gasteiger charge is 2.15. The molecule has 1 amide bonds. The zero-order valence-electron chi connectivity index (χ0n) is 17.1. The van der Waals surface area contributed by atoms with Gasteiger partial charge in [-0.25, -0.2) is 0 Å². The summed E-state index contributed by atoms with van der Waals surface area (Å²) in [7, 11) is 1.61. The van der Waals surface area contributed by atoms with Crippen LogP contribution in [0.5, 0.6) is 11.5 Å². The van der Waals surface area contributed by atoms with Crippen molar-refractivity contribution in [1.29, 1.82) is 0 Å². The third-order valence-electron chi connectivity index (χ3n) is 4.24. The van der Waals surface area contributed by atoms with Crippen LogP contribution in [0.25, 0.3) is 0 Å². The summed E-state index contributed by atoms with van der Waals surface area (Å²) in [4.78, 5) is 14.4. The van der Waals surface area contributed by atoms with Crippen LogP contribution in [0, 0.1) is 0 Å². The Labute approximate surface area is 162 Å². The number of nitrogens with zero attached hydrogens (tertiary/aromatic N) is 1. The Morgan fingerprint density at radius 2 is 1.96 bits per heavy atom. The number of hydrogen-bond acceptors (Lipinski definition) is 6. The van der Waals surface area contributed by atoms with E-state index in [9.17, 15) is 4.79 Å². The molecule has 2 rings (SSSR count). The molecule has 7 heteroatoms. The van der Waals surface area contributed by atoms with E-state index >= 15 is 0 Å². The number of nitrogens with one attached hydrogen (secondary N) is 3. The summed E-state index contributed by atoms with van der Waals surface area (Å²) >= 11 is 0. The summed E-state index contributed by atoms with van der Waals surface area (Å²) in [5, 5.41) is 9.71. The average molecular weight is 379 g/mol. The topological polar surface area (TPSA) is 74.9 Å². The first-order valence-electron chi connectivity index (χ1n) is 9.62. The van der Waals surface area contributed by atoms with E-state index in [1.54, 1.807) is 7.11 Å². The Morgan fingerprint density at radius 1 is 1.22 bits per heavy atom. The van der Waals surface area contributed by atoms with Gasteiger partial charge in [-0.2, -0.15) is 0 Å². The molecule has 27 heavy (non-hydrogen) atoms. The molecule has 0 radical (unpaired) electrons. The zero-order chi connectivity index (χ0) is 19.7. The molecule has 1 heterocycles. The molecule has 1 fully saturated rings. The molecule has 0 bridgehead atoms. The Morgan fingerprint density at radius 3 is 2.63 bits per heavy atom. The number of ether oxygens (including phenoxy) is 2. The number of piperazine rings is 1. The number of carbonyl (C=O) groups is 1. The molecule has 1 aromatic carbocycles. The molecule has 0 aromatic heterocycles. The van der Waals surface area contributed by atoms with Gasteiger partial charge in [-0.15, -0.1) is 0 Å². The van der Waals surface area contributed by atoms with Crippen molar-refractivity contribution in [3.05, 3.63) is 23.8 Å². The molecular weight excluding hydrogens is 344 g/mol. The average Bonchev–Trinajstić information content (AvgIpc) is 2.63. The quantitative estimate of drug-likeness (QED) is 0.557. The third-order valence-corrected chi connectivity index (χ3v) is 4.24. The lowest BCUT2D eigenvalue weighted by atomic mass is 10.1. The molecular formula is C20H34N4O3. The van der Waals surface area contributed by atoms with Gasteiger partial charge in [-0.05, 0) is 38.5 Å². The van der Waals surface area contributed by atoms with Crippen molar-refractivity contribution in [2.24, 2.45) is 0 Å². The molecule has 0 atom stereocenters. The third kappa shape index (κ3) is 8.15. The molecule has 1 aliphatic heterocycles. The predicted octanol–water partition coefficient (Wildman–Crippen LogP) is 0.984. The minimum Gasteiger partial charge on any atom is -0.493 e. The lowest BCUT2D eigenvalue weighted by molar-refractivity contribution is -0.124. The maximum atomic E-state index is 11.9. The highest BCUT2D eigenvalue weighted by Crippen LogP contribution is 2.28. The van der Waals surface area contributed by atoms with Gasteiger partial charge in [-0.1, -0.05) is 6.07 Å². The molecule has 0 spiro atoms. The second kappa shape index (κ2) is 10.5. The first kappa shape index (κ1) is 21.5. The number of carbonyl (C=O) groups excluding carboxylic acids is 1. The monoisotopic (exact) mass is 378 g/mol. The smallest absolute Gasteiger partial charge is 0.258 e. The van der Waals surface area contributed by atoms with E-state index in [4.69, 9.17) is 9.47 Å². The summed E-state index contributed by atoms with van der Waals surface area (Å²) < 4.78 is 11.0. The summed E-state index contributed by atoms with van der Waals surface area (Å²) in [6, 6.07) is 5.81. The van der Waals surface area contributed by atoms with Crippen LogP contribution in [-0.2, 0) is 11.3 Å². The van der Waals surface area contributed by atoms with Crippen molar-refractivity contribution >= 4 is 5.91 Å². The van der Waals surface area contributed by atoms with E-state index in [0.717, 1.165) is 51.4 Å². The van der Waals surface area contributed by atoms with Gasteiger partial charge in [0.05, 0.1) is 7.11 Å². The maximum Gasteiger partial charge on any atom is 0.258 e. The predicted molar refractivity (Wildman–Crippen MR) is 107 cm³/mol. The molecule has 1 aromatic rings. The van der Waals surface area contributed by atoms with E-state index in [2.05, 4.69) is 20.9 Å². The van der Waals surface area contributed by atoms with Crippen molar-refractivity contribution < 1.29 is 14.3 Å². The SMILES string of the molecule is COc1cc(CNCCN2CCNCC2)ccc1OCC(=O)NC(C)(C)C. The molecule has 0 unspecified atom stereocenters. The van der Waals surface area contributed by atoms with Gasteiger partial charge in [0.2, 0.25) is 0 Å². The van der Waals surface area contributed by atoms with Crippen molar-refractivity contribution in [1.82, 2.24) is 20.9 Å². The molecule has 1 saturated heterocycles. The van der Waals surface area contributed by atoms with Gasteiger partial charge in [0, 0.05) is 51.4 Å². The van der Waals surface area contributed by atoms with Crippen molar-refractivity contribution in [2.75, 3.05) is 53.0 Å². The van der Waals surface area contributed by atoms with E-state index in [1.807, 2.05) is 39.0 Å². The van der Waals surface area contributed by atoms with Crippen LogP contribution in [0.3, 0.4) is 0 Å². The summed E-state index contributed by atoms with van der Waals surface area (Å²) in [5.41, 5.74) is 0.851. The number of rotatable bonds is 9. The molecule has 1 aliphatic rings. The normalized spacial score (nSPS) is 15.4. The maximum absolute atomic E-state index is 11.9. The number of amides is 1. The van der Waals surface area contributed by atoms with Crippen LogP contribution in [0.4, 0.5) is 0 Å². The van der Waals surface area contributed by atoms with E-state index in [1.165, 1.54) is 0 Å². The molecule has 152 valence electrons. The lowest BCUT2D eigenvalue weighted by Gasteiger charge is -2.27. The van der Waals surface area contributed by atoms with Gasteiger partial charge in [0.15, 0.2) is 18.1 Å². The largest absolute Gasteiger partial charge is 0.493 e. The first-order chi connectivity index (χ1) is 12.9. The van der Waals surface area contributed by atoms with E-state index < -0.39 is 0 Å². The molecule has 3 N–H and O–H groups in total. The Balaban J connectivity index is 1.77. The van der Waals surface area contributed by atoms with Crippen LogP contribution >= 0.6 is 0 Å². The van der Waals surface area contributed by atoms with Gasteiger partial charge in [0.1, 0.15) is 0 Å². The molecule has 7 nitrogen and oxygen atoms in total. The van der Waals surface area contributed by atoms with Gasteiger partial charge >= 0.3 is 0 Å². The van der Waals surface area contributed by atoms with Crippen LogP contribution < -0.4 is 25.4 Å². The fraction of sp³-hybridized carbons (Fsp3) is 0.650. The highest BCUT2D eigenvalue weighted by atomic mass is 16.5. The van der Waals surface area contributed by atoms with Gasteiger partial charge < -0.3 is 25.4 Å². The van der Waals surface area contributed by atoms with Crippen LogP contribution in [0.2, 0.25) is 0 Å². The van der Waals surface area contributed by atoms with Crippen molar-refractivity contribution in [3.63, 3.8) is 0 Å². The molecule has 0 saturated carbocycles. The Bertz CT molecular complexity index is 595. The van der Waals surface area contributed by atoms with Crippen LogP contribution in [0.15, 0.2) is 18.2 Å². The fourth-order valence-corrected chi connectivity index (χ4v) is 2.94. The van der Waals surface area contributed by atoms with Crippen molar-refractivity contribution in [3.8, 4) is 11.5 Å². The van der Waals surface area contributed by atoms with E-state index in [-0.39, 0.29) is 18.1 Å². The minimum atomic E-state index is -0.273. The van der Waals surface area contributed by atoms with E-state index in [0.29, 0.717) is 11.5 Å². The number of hydrogen-bond donors (Lipinski definition) is 3. The summed E-state index contributed by atoms with van der Waals surface area (Å²) in [6.45, 7) is 13.0. The number of methoxy groups -OCH3 is 1. The minimum absolute atomic E-state index is 0.0318. The summed E-state index contributed by atoms with van der Waals surface area (Å²) in [5.74, 6) is 1.06. The Kier molecular flexibility index (Phi) is 8.34. The highest BCUT2D eigenvalue weighted by molar-refractivity contribution is 5.78. The van der Waals surface area contributed by atoms with Crippen LogP contribution in [0.1, 0.15) is 26.3 Å². The first-order valence-corrected chi connectivity index (χ1v) is 9.62. The van der Waals surface area contributed by atoms with Crippen LogP contribution in [-0.4, -0.2) is 69.3 Å². The van der Waals surface area contributed by atoms with Gasteiger partial charge in [-0.3, -0.25) is 9.69 Å². The van der Waals surface area contributed by atoms with Crippen molar-refractivity contribution in [2.45, 2.75) is 32.9 Å². The lowest BCUT2D eigenvalue weighted by Crippen LogP contribution is -2.45. The zero-order valence-corrected chi connectivity index (χ0v) is 17.1. The second-order valence-electron chi connectivity index (χ2n) is 7.84. The fourth-order valence-electron chi connectivity index (χ4n) is 2.94. The van der Waals surface area contributed by atoms with Gasteiger partial charge in [0.25, 0.3) is 5.91 Å². The summed E-state index contributed by atoms with van der Waals surface area (Å²) in [6.07, 6.45) is 0. The standard InChI is InChI=1S/C20H34N4O3/c1-20(2,3)23-19(25)15-27-17-6-5-16(13-18(17)26-4)14-22-9-12-24-10-7-21-8-11-24/h5-6,13,21-22H,7-12,14-15H2,1-4H3,(H,23,25). The molecule has 0 aliphatic carbocycles. The second-order valence-corrected chi connectivity index (χ2v) is 7.84.